The molecule has 1 aliphatic carbocycles. The first-order valence-corrected chi connectivity index (χ1v) is 12.8. The van der Waals surface area contributed by atoms with E-state index in [-0.39, 0.29) is 47.9 Å². The lowest BCUT2D eigenvalue weighted by atomic mass is 9.99. The van der Waals surface area contributed by atoms with Crippen LogP contribution in [-0.2, 0) is 4.79 Å². The summed E-state index contributed by atoms with van der Waals surface area (Å²) in [6.45, 7) is 4.41. The molecule has 2 heterocycles. The maximum atomic E-state index is 13.6. The molecule has 0 saturated heterocycles. The van der Waals surface area contributed by atoms with Gasteiger partial charge < -0.3 is 24.4 Å². The van der Waals surface area contributed by atoms with Crippen LogP contribution in [0.1, 0.15) is 54.6 Å². The predicted molar refractivity (Wildman–Crippen MR) is 139 cm³/mol. The third-order valence-corrected chi connectivity index (χ3v) is 7.01. The van der Waals surface area contributed by atoms with Crippen LogP contribution in [0.15, 0.2) is 36.5 Å². The van der Waals surface area contributed by atoms with E-state index in [1.165, 1.54) is 0 Å². The number of benzene rings is 1. The maximum Gasteiger partial charge on any atom is 0.259 e. The number of rotatable bonds is 7. The molecule has 37 heavy (non-hydrogen) atoms. The number of aromatic nitrogens is 1. The average molecular weight is 506 g/mol. The Hall–Kier alpha value is -3.57. The first-order valence-electron chi connectivity index (χ1n) is 12.8. The summed E-state index contributed by atoms with van der Waals surface area (Å²) in [5.41, 5.74) is 1.57. The molecule has 0 radical (unpaired) electrons. The van der Waals surface area contributed by atoms with Crippen LogP contribution in [0.4, 0.5) is 0 Å². The highest BCUT2D eigenvalue weighted by atomic mass is 16.5. The maximum absolute atomic E-state index is 13.6. The molecule has 1 aromatic carbocycles. The second-order valence-electron chi connectivity index (χ2n) is 10.1. The van der Waals surface area contributed by atoms with Crippen molar-refractivity contribution in [3.63, 3.8) is 0 Å². The Morgan fingerprint density at radius 2 is 2.08 bits per heavy atom. The summed E-state index contributed by atoms with van der Waals surface area (Å²) in [5, 5.41) is 9.86. The summed E-state index contributed by atoms with van der Waals surface area (Å²) in [5.74, 6) is 7.27. The van der Waals surface area contributed by atoms with Crippen LogP contribution in [0.25, 0.3) is 0 Å². The Labute approximate surface area is 218 Å². The van der Waals surface area contributed by atoms with Crippen molar-refractivity contribution in [2.24, 2.45) is 11.8 Å². The lowest BCUT2D eigenvalue weighted by Gasteiger charge is -2.37. The number of hydrogen-bond donors (Lipinski definition) is 1. The van der Waals surface area contributed by atoms with E-state index in [9.17, 15) is 14.7 Å². The van der Waals surface area contributed by atoms with Crippen LogP contribution in [-0.4, -0.2) is 77.7 Å². The Balaban J connectivity index is 1.64. The van der Waals surface area contributed by atoms with Crippen LogP contribution < -0.4 is 9.47 Å². The minimum atomic E-state index is -0.390. The topological polar surface area (TPSA) is 92.2 Å². The second-order valence-corrected chi connectivity index (χ2v) is 10.1. The summed E-state index contributed by atoms with van der Waals surface area (Å²) in [7, 11) is 3.39. The van der Waals surface area contributed by atoms with Crippen molar-refractivity contribution in [1.29, 1.82) is 0 Å². The van der Waals surface area contributed by atoms with Crippen molar-refractivity contribution < 1.29 is 24.2 Å². The van der Waals surface area contributed by atoms with Crippen LogP contribution in [0.3, 0.4) is 0 Å². The van der Waals surface area contributed by atoms with Crippen molar-refractivity contribution in [2.75, 3.05) is 33.9 Å². The summed E-state index contributed by atoms with van der Waals surface area (Å²) in [6, 6.07) is 8.74. The van der Waals surface area contributed by atoms with Gasteiger partial charge in [-0.2, -0.15) is 0 Å². The molecule has 1 aromatic heterocycles. The Kier molecular flexibility index (Phi) is 8.34. The van der Waals surface area contributed by atoms with E-state index in [0.29, 0.717) is 36.7 Å². The standard InChI is InChI=1S/C29H35N3O5/c1-19-16-32(20(2)18-33)29(35)24-13-22(11-12-23-7-5-6-8-25(23)36-4)15-30-28(24)37-26(19)17-31(3)27(34)14-21-9-10-21/h5-8,13,15,19-21,26,33H,9-10,14,16-18H2,1-4H3/t19-,20+,26-/m1/s1. The lowest BCUT2D eigenvalue weighted by molar-refractivity contribution is -0.131. The Bertz CT molecular complexity index is 1200. The fourth-order valence-corrected chi connectivity index (χ4v) is 4.37. The van der Waals surface area contributed by atoms with Gasteiger partial charge in [-0.3, -0.25) is 9.59 Å². The van der Waals surface area contributed by atoms with Crippen molar-refractivity contribution >= 4 is 11.8 Å². The van der Waals surface area contributed by atoms with E-state index in [2.05, 4.69) is 16.8 Å². The first-order chi connectivity index (χ1) is 17.8. The number of aliphatic hydroxyl groups is 1. The molecular formula is C29H35N3O5. The molecule has 8 nitrogen and oxygen atoms in total. The van der Waals surface area contributed by atoms with Crippen molar-refractivity contribution in [3.05, 3.63) is 53.2 Å². The average Bonchev–Trinajstić information content (AvgIpc) is 3.73. The van der Waals surface area contributed by atoms with E-state index in [1.807, 2.05) is 38.1 Å². The van der Waals surface area contributed by atoms with E-state index in [4.69, 9.17) is 9.47 Å². The molecule has 3 atom stereocenters. The van der Waals surface area contributed by atoms with Gasteiger partial charge in [0.05, 0.1) is 31.9 Å². The number of hydrogen-bond acceptors (Lipinski definition) is 6. The van der Waals surface area contributed by atoms with Gasteiger partial charge in [0.25, 0.3) is 5.91 Å². The van der Waals surface area contributed by atoms with Crippen molar-refractivity contribution in [3.8, 4) is 23.5 Å². The lowest BCUT2D eigenvalue weighted by Crippen LogP contribution is -2.50. The van der Waals surface area contributed by atoms with E-state index in [1.54, 1.807) is 36.2 Å². The molecular weight excluding hydrogens is 470 g/mol. The minimum absolute atomic E-state index is 0.0888. The Morgan fingerprint density at radius 1 is 1.32 bits per heavy atom. The number of pyridine rings is 1. The van der Waals surface area contributed by atoms with Gasteiger partial charge in [0.2, 0.25) is 11.8 Å². The Morgan fingerprint density at radius 3 is 2.78 bits per heavy atom. The van der Waals surface area contributed by atoms with Gasteiger partial charge in [0, 0.05) is 37.7 Å². The normalized spacial score (nSPS) is 19.9. The molecule has 0 bridgehead atoms. The SMILES string of the molecule is COc1ccccc1C#Cc1cnc2c(c1)C(=O)N([C@@H](C)CO)C[C@@H](C)[C@@H](CN(C)C(=O)CC1CC1)O2. The van der Waals surface area contributed by atoms with Gasteiger partial charge in [-0.05, 0) is 43.9 Å². The van der Waals surface area contributed by atoms with Gasteiger partial charge in [0.15, 0.2) is 0 Å². The zero-order valence-corrected chi connectivity index (χ0v) is 21.9. The van der Waals surface area contributed by atoms with E-state index < -0.39 is 0 Å². The van der Waals surface area contributed by atoms with Crippen LogP contribution in [0, 0.1) is 23.7 Å². The molecule has 0 spiro atoms. The molecule has 2 aliphatic rings. The van der Waals surface area contributed by atoms with Gasteiger partial charge in [-0.15, -0.1) is 0 Å². The van der Waals surface area contributed by atoms with Gasteiger partial charge >= 0.3 is 0 Å². The quantitative estimate of drug-likeness (QED) is 0.582. The fourth-order valence-electron chi connectivity index (χ4n) is 4.37. The summed E-state index contributed by atoms with van der Waals surface area (Å²) < 4.78 is 11.7. The van der Waals surface area contributed by atoms with Gasteiger partial charge in [-0.25, -0.2) is 4.98 Å². The number of likely N-dealkylation sites (N-methyl/N-ethyl adjacent to an activating group) is 1. The second kappa shape index (κ2) is 11.7. The summed E-state index contributed by atoms with van der Waals surface area (Å²) in [4.78, 5) is 34.1. The third kappa shape index (κ3) is 6.41. The van der Waals surface area contributed by atoms with E-state index in [0.717, 1.165) is 18.4 Å². The fraction of sp³-hybridized carbons (Fsp3) is 0.483. The molecule has 196 valence electrons. The van der Waals surface area contributed by atoms with Crippen LogP contribution in [0.5, 0.6) is 11.6 Å². The number of amides is 2. The highest BCUT2D eigenvalue weighted by Gasteiger charge is 2.35. The number of methoxy groups -OCH3 is 1. The number of carbonyl (C=O) groups excluding carboxylic acids is 2. The number of nitrogens with zero attached hydrogens (tertiary/aromatic N) is 3. The van der Waals surface area contributed by atoms with Crippen LogP contribution in [0.2, 0.25) is 0 Å². The highest BCUT2D eigenvalue weighted by molar-refractivity contribution is 5.97. The summed E-state index contributed by atoms with van der Waals surface area (Å²) in [6.07, 6.45) is 4.01. The molecule has 1 saturated carbocycles. The molecule has 1 N–H and O–H groups in total. The van der Waals surface area contributed by atoms with Gasteiger partial charge in [0.1, 0.15) is 17.4 Å². The smallest absolute Gasteiger partial charge is 0.259 e. The predicted octanol–water partition coefficient (Wildman–Crippen LogP) is 2.97. The zero-order chi connectivity index (χ0) is 26.5. The molecule has 4 rings (SSSR count). The number of para-hydroxylation sites is 1. The minimum Gasteiger partial charge on any atom is -0.495 e. The monoisotopic (exact) mass is 505 g/mol. The van der Waals surface area contributed by atoms with Gasteiger partial charge in [-0.1, -0.05) is 30.9 Å². The largest absolute Gasteiger partial charge is 0.495 e. The highest BCUT2D eigenvalue weighted by Crippen LogP contribution is 2.33. The van der Waals surface area contributed by atoms with E-state index >= 15 is 0 Å². The molecule has 2 aromatic rings. The van der Waals surface area contributed by atoms with Crippen molar-refractivity contribution in [1.82, 2.24) is 14.8 Å². The molecule has 8 heteroatoms. The van der Waals surface area contributed by atoms with Crippen LogP contribution >= 0.6 is 0 Å². The third-order valence-electron chi connectivity index (χ3n) is 7.01. The molecule has 1 aliphatic heterocycles. The van der Waals surface area contributed by atoms with Crippen molar-refractivity contribution in [2.45, 2.75) is 45.3 Å². The number of carbonyl (C=O) groups is 2. The first kappa shape index (κ1) is 26.5. The zero-order valence-electron chi connectivity index (χ0n) is 21.9. The number of ether oxygens (including phenoxy) is 2. The number of aliphatic hydroxyl groups excluding tert-OH is 1. The molecule has 1 fully saturated rings. The number of fused-ring (bicyclic) bond motifs is 1. The molecule has 2 amide bonds. The molecule has 0 unspecified atom stereocenters. The summed E-state index contributed by atoms with van der Waals surface area (Å²) >= 11 is 0.